The van der Waals surface area contributed by atoms with Gasteiger partial charge in [0.2, 0.25) is 0 Å². The molecule has 0 saturated heterocycles. The van der Waals surface area contributed by atoms with E-state index in [4.69, 9.17) is 9.84 Å². The summed E-state index contributed by atoms with van der Waals surface area (Å²) in [6.45, 7) is 10.4. The van der Waals surface area contributed by atoms with Gasteiger partial charge in [0.15, 0.2) is 0 Å². The van der Waals surface area contributed by atoms with Crippen LogP contribution in [0.5, 0.6) is 0 Å². The van der Waals surface area contributed by atoms with E-state index in [1.165, 1.54) is 5.57 Å². The average molecular weight is 212 g/mol. The molecule has 0 bridgehead atoms. The van der Waals surface area contributed by atoms with Crippen molar-refractivity contribution in [2.75, 3.05) is 6.61 Å². The van der Waals surface area contributed by atoms with Gasteiger partial charge in [-0.1, -0.05) is 44.6 Å². The molecule has 1 aliphatic rings. The summed E-state index contributed by atoms with van der Waals surface area (Å²) >= 11 is 0. The highest BCUT2D eigenvalue weighted by Crippen LogP contribution is 2.22. The SMILES string of the molecule is CC.CC1=CC=CC(OC[C@@H](C)O)C1C. The lowest BCUT2D eigenvalue weighted by atomic mass is 9.92. The van der Waals surface area contributed by atoms with Crippen molar-refractivity contribution in [1.29, 1.82) is 0 Å². The monoisotopic (exact) mass is 212 g/mol. The number of aliphatic hydroxyl groups is 1. The standard InChI is InChI=1S/C11H18O2.C2H6/c1-8-5-4-6-11(10(8)3)13-7-9(2)12;1-2/h4-6,9-12H,7H2,1-3H3;1-2H3/t9-,10?,11?;/m1./s1. The number of rotatable bonds is 3. The molecule has 0 heterocycles. The van der Waals surface area contributed by atoms with Crippen LogP contribution in [0, 0.1) is 5.92 Å². The Kier molecular flexibility index (Phi) is 7.35. The van der Waals surface area contributed by atoms with Crippen molar-refractivity contribution in [2.24, 2.45) is 5.92 Å². The van der Waals surface area contributed by atoms with Gasteiger partial charge in [0.1, 0.15) is 0 Å². The van der Waals surface area contributed by atoms with Crippen molar-refractivity contribution in [3.8, 4) is 0 Å². The summed E-state index contributed by atoms with van der Waals surface area (Å²) in [5, 5.41) is 9.07. The smallest absolute Gasteiger partial charge is 0.0822 e. The fourth-order valence-corrected chi connectivity index (χ4v) is 1.34. The first-order valence-electron chi connectivity index (χ1n) is 5.76. The Labute approximate surface area is 93.6 Å². The molecule has 0 amide bonds. The van der Waals surface area contributed by atoms with Crippen LogP contribution in [0.15, 0.2) is 23.8 Å². The lowest BCUT2D eigenvalue weighted by Crippen LogP contribution is -2.26. The predicted octanol–water partition coefficient (Wildman–Crippen LogP) is 2.93. The molecular formula is C13H24O2. The normalized spacial score (nSPS) is 26.4. The minimum atomic E-state index is -0.383. The van der Waals surface area contributed by atoms with Gasteiger partial charge in [0, 0.05) is 5.92 Å². The molecule has 88 valence electrons. The summed E-state index contributed by atoms with van der Waals surface area (Å²) in [5.41, 5.74) is 1.33. The Morgan fingerprint density at radius 2 is 2.07 bits per heavy atom. The van der Waals surface area contributed by atoms with Gasteiger partial charge in [-0.3, -0.25) is 0 Å². The summed E-state index contributed by atoms with van der Waals surface area (Å²) in [4.78, 5) is 0. The molecule has 0 aromatic rings. The lowest BCUT2D eigenvalue weighted by molar-refractivity contribution is 0.00195. The Hall–Kier alpha value is -0.600. The van der Waals surface area contributed by atoms with Crippen molar-refractivity contribution >= 4 is 0 Å². The highest BCUT2D eigenvalue weighted by Gasteiger charge is 2.19. The van der Waals surface area contributed by atoms with Crippen LogP contribution < -0.4 is 0 Å². The van der Waals surface area contributed by atoms with Gasteiger partial charge in [-0.25, -0.2) is 0 Å². The van der Waals surface area contributed by atoms with Gasteiger partial charge in [-0.05, 0) is 13.8 Å². The van der Waals surface area contributed by atoms with Crippen LogP contribution in [0.4, 0.5) is 0 Å². The number of aliphatic hydroxyl groups excluding tert-OH is 1. The predicted molar refractivity (Wildman–Crippen MR) is 64.8 cm³/mol. The summed E-state index contributed by atoms with van der Waals surface area (Å²) < 4.78 is 5.55. The van der Waals surface area contributed by atoms with Crippen LogP contribution in [0.3, 0.4) is 0 Å². The second kappa shape index (κ2) is 7.66. The van der Waals surface area contributed by atoms with Crippen molar-refractivity contribution in [2.45, 2.75) is 46.8 Å². The molecule has 2 unspecified atom stereocenters. The van der Waals surface area contributed by atoms with Gasteiger partial charge in [-0.2, -0.15) is 0 Å². The lowest BCUT2D eigenvalue weighted by Gasteiger charge is -2.25. The van der Waals surface area contributed by atoms with Gasteiger partial charge in [-0.15, -0.1) is 0 Å². The van der Waals surface area contributed by atoms with Crippen LogP contribution in [0.1, 0.15) is 34.6 Å². The molecular weight excluding hydrogens is 188 g/mol. The zero-order valence-electron chi connectivity index (χ0n) is 10.5. The van der Waals surface area contributed by atoms with Crippen LogP contribution in [-0.2, 0) is 4.74 Å². The molecule has 0 radical (unpaired) electrons. The first-order chi connectivity index (χ1) is 7.11. The number of ether oxygens (including phenoxy) is 1. The van der Waals surface area contributed by atoms with Crippen LogP contribution in [-0.4, -0.2) is 23.9 Å². The second-order valence-electron chi connectivity index (χ2n) is 3.73. The molecule has 0 saturated carbocycles. The van der Waals surface area contributed by atoms with E-state index >= 15 is 0 Å². The Morgan fingerprint density at radius 3 is 2.60 bits per heavy atom. The molecule has 3 atom stereocenters. The fraction of sp³-hybridized carbons (Fsp3) is 0.692. The fourth-order valence-electron chi connectivity index (χ4n) is 1.34. The topological polar surface area (TPSA) is 29.5 Å². The molecule has 0 aromatic carbocycles. The van der Waals surface area contributed by atoms with Gasteiger partial charge in [0.05, 0.1) is 18.8 Å². The van der Waals surface area contributed by atoms with E-state index in [0.717, 1.165) is 0 Å². The molecule has 0 aromatic heterocycles. The highest BCUT2D eigenvalue weighted by atomic mass is 16.5. The Morgan fingerprint density at radius 1 is 1.47 bits per heavy atom. The maximum Gasteiger partial charge on any atom is 0.0822 e. The zero-order valence-corrected chi connectivity index (χ0v) is 10.5. The third-order valence-corrected chi connectivity index (χ3v) is 2.40. The van der Waals surface area contributed by atoms with E-state index in [1.807, 2.05) is 26.0 Å². The first-order valence-corrected chi connectivity index (χ1v) is 5.76. The number of hydrogen-bond donors (Lipinski definition) is 1. The molecule has 0 fully saturated rings. The molecule has 2 nitrogen and oxygen atoms in total. The molecule has 2 heteroatoms. The van der Waals surface area contributed by atoms with Crippen molar-refractivity contribution in [3.63, 3.8) is 0 Å². The van der Waals surface area contributed by atoms with E-state index in [9.17, 15) is 0 Å². The second-order valence-corrected chi connectivity index (χ2v) is 3.73. The van der Waals surface area contributed by atoms with E-state index < -0.39 is 0 Å². The van der Waals surface area contributed by atoms with Gasteiger partial charge < -0.3 is 9.84 Å². The summed E-state index contributed by atoms with van der Waals surface area (Å²) in [5.74, 6) is 0.420. The summed E-state index contributed by atoms with van der Waals surface area (Å²) in [6.07, 6.45) is 5.90. The van der Waals surface area contributed by atoms with Crippen LogP contribution >= 0.6 is 0 Å². The third kappa shape index (κ3) is 5.14. The van der Waals surface area contributed by atoms with E-state index in [-0.39, 0.29) is 12.2 Å². The van der Waals surface area contributed by atoms with Crippen molar-refractivity contribution in [1.82, 2.24) is 0 Å². The zero-order chi connectivity index (χ0) is 11.8. The molecule has 15 heavy (non-hydrogen) atoms. The molecule has 0 aliphatic heterocycles. The van der Waals surface area contributed by atoms with Crippen LogP contribution in [0.25, 0.3) is 0 Å². The van der Waals surface area contributed by atoms with Crippen LogP contribution in [0.2, 0.25) is 0 Å². The Bertz CT molecular complexity index is 217. The van der Waals surface area contributed by atoms with Crippen molar-refractivity contribution < 1.29 is 9.84 Å². The van der Waals surface area contributed by atoms with Crippen molar-refractivity contribution in [3.05, 3.63) is 23.8 Å². The summed E-state index contributed by atoms with van der Waals surface area (Å²) in [7, 11) is 0. The number of hydrogen-bond acceptors (Lipinski definition) is 2. The maximum absolute atomic E-state index is 9.07. The van der Waals surface area contributed by atoms with Gasteiger partial charge >= 0.3 is 0 Å². The highest BCUT2D eigenvalue weighted by molar-refractivity contribution is 5.21. The summed E-state index contributed by atoms with van der Waals surface area (Å²) in [6, 6.07) is 0. The van der Waals surface area contributed by atoms with E-state index in [2.05, 4.69) is 19.9 Å². The average Bonchev–Trinajstić information content (AvgIpc) is 2.23. The molecule has 1 rings (SSSR count). The first kappa shape index (κ1) is 14.4. The minimum Gasteiger partial charge on any atom is -0.391 e. The molecule has 1 aliphatic carbocycles. The van der Waals surface area contributed by atoms with Gasteiger partial charge in [0.25, 0.3) is 0 Å². The molecule has 1 N–H and O–H groups in total. The maximum atomic E-state index is 9.07. The third-order valence-electron chi connectivity index (χ3n) is 2.40. The van der Waals surface area contributed by atoms with E-state index in [1.54, 1.807) is 6.92 Å². The Balaban J connectivity index is 0.000000921. The largest absolute Gasteiger partial charge is 0.391 e. The molecule has 0 spiro atoms. The quantitative estimate of drug-likeness (QED) is 0.779. The number of allylic oxidation sites excluding steroid dienone is 2. The minimum absolute atomic E-state index is 0.125. The van der Waals surface area contributed by atoms with E-state index in [0.29, 0.717) is 12.5 Å².